The molecule has 0 saturated carbocycles. The quantitative estimate of drug-likeness (QED) is 0.794. The number of hydrogen-bond donors (Lipinski definition) is 1. The molecule has 0 bridgehead atoms. The van der Waals surface area contributed by atoms with Gasteiger partial charge in [0.15, 0.2) is 0 Å². The van der Waals surface area contributed by atoms with Crippen molar-refractivity contribution >= 4 is 5.82 Å². The summed E-state index contributed by atoms with van der Waals surface area (Å²) in [5.74, 6) is 0.806. The molecule has 0 unspecified atom stereocenters. The van der Waals surface area contributed by atoms with Gasteiger partial charge in [-0.1, -0.05) is 0 Å². The third kappa shape index (κ3) is 2.40. The monoisotopic (exact) mass is 230 g/mol. The molecule has 1 aliphatic heterocycles. The molecule has 17 heavy (non-hydrogen) atoms. The Bertz CT molecular complexity index is 461. The predicted octanol–water partition coefficient (Wildman–Crippen LogP) is 1.50. The zero-order valence-corrected chi connectivity index (χ0v) is 10.4. The highest BCUT2D eigenvalue weighted by Gasteiger charge is 2.21. The van der Waals surface area contributed by atoms with Crippen LogP contribution >= 0.6 is 0 Å². The molecule has 1 saturated heterocycles. The van der Waals surface area contributed by atoms with Crippen molar-refractivity contribution in [2.24, 2.45) is 5.73 Å². The molecule has 1 fully saturated rings. The van der Waals surface area contributed by atoms with Gasteiger partial charge in [0.25, 0.3) is 0 Å². The van der Waals surface area contributed by atoms with Crippen molar-refractivity contribution in [1.29, 1.82) is 5.26 Å². The van der Waals surface area contributed by atoms with Crippen LogP contribution in [0.3, 0.4) is 0 Å². The van der Waals surface area contributed by atoms with Gasteiger partial charge in [0.05, 0.1) is 5.56 Å². The molecule has 1 aromatic rings. The van der Waals surface area contributed by atoms with E-state index >= 15 is 0 Å². The first-order valence-electron chi connectivity index (χ1n) is 6.00. The molecule has 4 heteroatoms. The van der Waals surface area contributed by atoms with Gasteiger partial charge in [-0.3, -0.25) is 0 Å². The Balaban J connectivity index is 2.40. The molecule has 2 N–H and O–H groups in total. The summed E-state index contributed by atoms with van der Waals surface area (Å²) in [6.07, 6.45) is 2.13. The van der Waals surface area contributed by atoms with Crippen LogP contribution < -0.4 is 10.6 Å². The number of nitrogens with two attached hydrogens (primary N) is 1. The normalized spacial score (nSPS) is 20.1. The second kappa shape index (κ2) is 4.72. The summed E-state index contributed by atoms with van der Waals surface area (Å²) in [5.41, 5.74) is 8.61. The van der Waals surface area contributed by atoms with E-state index in [1.165, 1.54) is 0 Å². The van der Waals surface area contributed by atoms with Crippen molar-refractivity contribution < 1.29 is 0 Å². The van der Waals surface area contributed by atoms with Gasteiger partial charge in [-0.2, -0.15) is 5.26 Å². The number of rotatable bonds is 1. The zero-order chi connectivity index (χ0) is 12.4. The highest BCUT2D eigenvalue weighted by atomic mass is 15.2. The smallest absolute Gasteiger partial charge is 0.147 e. The van der Waals surface area contributed by atoms with Gasteiger partial charge in [-0.15, -0.1) is 0 Å². The highest BCUT2D eigenvalue weighted by Crippen LogP contribution is 2.24. The summed E-state index contributed by atoms with van der Waals surface area (Å²) >= 11 is 0. The lowest BCUT2D eigenvalue weighted by atomic mass is 10.0. The van der Waals surface area contributed by atoms with E-state index in [1.54, 1.807) is 0 Å². The van der Waals surface area contributed by atoms with Crippen LogP contribution in [0.15, 0.2) is 6.07 Å². The molecule has 2 heterocycles. The van der Waals surface area contributed by atoms with Crippen molar-refractivity contribution in [3.05, 3.63) is 22.9 Å². The summed E-state index contributed by atoms with van der Waals surface area (Å²) < 4.78 is 0. The van der Waals surface area contributed by atoms with Crippen LogP contribution in [0, 0.1) is 25.2 Å². The van der Waals surface area contributed by atoms with Gasteiger partial charge in [0, 0.05) is 24.8 Å². The van der Waals surface area contributed by atoms with Crippen molar-refractivity contribution in [2.75, 3.05) is 18.0 Å². The van der Waals surface area contributed by atoms with E-state index in [9.17, 15) is 5.26 Å². The minimum absolute atomic E-state index is 0.193. The Morgan fingerprint density at radius 3 is 2.94 bits per heavy atom. The zero-order valence-electron chi connectivity index (χ0n) is 10.4. The number of anilines is 1. The average Bonchev–Trinajstić information content (AvgIpc) is 2.28. The number of hydrogen-bond acceptors (Lipinski definition) is 4. The summed E-state index contributed by atoms with van der Waals surface area (Å²) in [6.45, 7) is 5.66. The summed E-state index contributed by atoms with van der Waals surface area (Å²) in [6, 6.07) is 4.40. The van der Waals surface area contributed by atoms with E-state index in [1.807, 2.05) is 19.9 Å². The summed E-state index contributed by atoms with van der Waals surface area (Å²) in [5, 5.41) is 9.24. The molecule has 4 nitrogen and oxygen atoms in total. The Hall–Kier alpha value is -1.60. The van der Waals surface area contributed by atoms with E-state index in [4.69, 9.17) is 5.73 Å². The number of nitrogens with zero attached hydrogens (tertiary/aromatic N) is 3. The molecule has 0 amide bonds. The number of aryl methyl sites for hydroxylation is 2. The third-order valence-corrected chi connectivity index (χ3v) is 3.19. The average molecular weight is 230 g/mol. The third-order valence-electron chi connectivity index (χ3n) is 3.19. The van der Waals surface area contributed by atoms with Crippen LogP contribution in [0.1, 0.15) is 29.7 Å². The number of aromatic nitrogens is 1. The van der Waals surface area contributed by atoms with Crippen LogP contribution in [-0.4, -0.2) is 24.1 Å². The standard InChI is InChI=1S/C13H18N4/c1-9-6-10(2)16-13(12(9)7-14)17-5-3-4-11(15)8-17/h6,11H,3-5,8,15H2,1-2H3/t11-/m1/s1. The Labute approximate surface area is 102 Å². The van der Waals surface area contributed by atoms with Gasteiger partial charge in [0.1, 0.15) is 11.9 Å². The summed E-state index contributed by atoms with van der Waals surface area (Å²) in [4.78, 5) is 6.66. The molecule has 0 radical (unpaired) electrons. The van der Waals surface area contributed by atoms with E-state index < -0.39 is 0 Å². The second-order valence-electron chi connectivity index (χ2n) is 4.74. The Morgan fingerprint density at radius 1 is 1.53 bits per heavy atom. The van der Waals surface area contributed by atoms with Crippen LogP contribution in [0.5, 0.6) is 0 Å². The molecule has 0 aliphatic carbocycles. The molecule has 2 rings (SSSR count). The van der Waals surface area contributed by atoms with Crippen LogP contribution in [0.25, 0.3) is 0 Å². The predicted molar refractivity (Wildman–Crippen MR) is 67.8 cm³/mol. The van der Waals surface area contributed by atoms with E-state index in [0.29, 0.717) is 5.56 Å². The van der Waals surface area contributed by atoms with Crippen LogP contribution in [0.2, 0.25) is 0 Å². The van der Waals surface area contributed by atoms with E-state index in [-0.39, 0.29) is 6.04 Å². The van der Waals surface area contributed by atoms with Gasteiger partial charge >= 0.3 is 0 Å². The molecular formula is C13H18N4. The maximum Gasteiger partial charge on any atom is 0.147 e. The second-order valence-corrected chi connectivity index (χ2v) is 4.74. The summed E-state index contributed by atoms with van der Waals surface area (Å²) in [7, 11) is 0. The van der Waals surface area contributed by atoms with E-state index in [2.05, 4.69) is 16.0 Å². The van der Waals surface area contributed by atoms with Crippen LogP contribution in [0.4, 0.5) is 5.82 Å². The van der Waals surface area contributed by atoms with Crippen molar-refractivity contribution in [1.82, 2.24) is 4.98 Å². The molecule has 1 aliphatic rings. The topological polar surface area (TPSA) is 65.9 Å². The minimum atomic E-state index is 0.193. The molecule has 0 aromatic carbocycles. The Morgan fingerprint density at radius 2 is 2.29 bits per heavy atom. The van der Waals surface area contributed by atoms with E-state index in [0.717, 1.165) is 43.0 Å². The van der Waals surface area contributed by atoms with Gasteiger partial charge in [0.2, 0.25) is 0 Å². The number of pyridine rings is 1. The molecule has 1 atom stereocenters. The lowest BCUT2D eigenvalue weighted by Gasteiger charge is -2.32. The van der Waals surface area contributed by atoms with Crippen molar-refractivity contribution in [2.45, 2.75) is 32.7 Å². The van der Waals surface area contributed by atoms with Crippen molar-refractivity contribution in [3.63, 3.8) is 0 Å². The van der Waals surface area contributed by atoms with Gasteiger partial charge in [-0.25, -0.2) is 4.98 Å². The highest BCUT2D eigenvalue weighted by molar-refractivity contribution is 5.58. The first-order chi connectivity index (χ1) is 8.11. The van der Waals surface area contributed by atoms with Gasteiger partial charge in [-0.05, 0) is 38.3 Å². The first kappa shape index (κ1) is 11.9. The maximum absolute atomic E-state index is 9.24. The maximum atomic E-state index is 9.24. The largest absolute Gasteiger partial charge is 0.354 e. The SMILES string of the molecule is Cc1cc(C)c(C#N)c(N2CCC[C@@H](N)C2)n1. The fourth-order valence-electron chi connectivity index (χ4n) is 2.39. The minimum Gasteiger partial charge on any atom is -0.354 e. The lowest BCUT2D eigenvalue weighted by molar-refractivity contribution is 0.502. The number of nitriles is 1. The van der Waals surface area contributed by atoms with Crippen LogP contribution in [-0.2, 0) is 0 Å². The lowest BCUT2D eigenvalue weighted by Crippen LogP contribution is -2.43. The van der Waals surface area contributed by atoms with Crippen molar-refractivity contribution in [3.8, 4) is 6.07 Å². The first-order valence-corrected chi connectivity index (χ1v) is 6.00. The Kier molecular flexibility index (Phi) is 3.30. The fraction of sp³-hybridized carbons (Fsp3) is 0.538. The molecule has 90 valence electrons. The van der Waals surface area contributed by atoms with Gasteiger partial charge < -0.3 is 10.6 Å². The molecular weight excluding hydrogens is 212 g/mol. The molecule has 0 spiro atoms. The number of piperidine rings is 1. The molecule has 1 aromatic heterocycles. The fourth-order valence-corrected chi connectivity index (χ4v) is 2.39.